The van der Waals surface area contributed by atoms with Crippen molar-refractivity contribution in [2.45, 2.75) is 60.2 Å². The van der Waals surface area contributed by atoms with E-state index in [0.717, 1.165) is 0 Å². The lowest BCUT2D eigenvalue weighted by molar-refractivity contribution is -0.139. The highest BCUT2D eigenvalue weighted by atomic mass is 79.9. The van der Waals surface area contributed by atoms with Gasteiger partial charge in [-0.05, 0) is 19.3 Å². The number of carbonyl (C=O) groups excluding carboxylic acids is 2. The van der Waals surface area contributed by atoms with Crippen LogP contribution < -0.4 is 26.6 Å². The minimum Gasteiger partial charge on any atom is -0.481 e. The number of carbonyl (C=O) groups is 3. The van der Waals surface area contributed by atoms with Crippen LogP contribution in [0, 0.1) is 11.8 Å². The number of aliphatic imine (C=N–C) groups is 1. The number of piperidine rings is 1. The summed E-state index contributed by atoms with van der Waals surface area (Å²) in [6.45, 7) is 1.53. The van der Waals surface area contributed by atoms with Gasteiger partial charge in [0, 0.05) is 42.5 Å². The summed E-state index contributed by atoms with van der Waals surface area (Å²) in [4.78, 5) is 40.9. The Labute approximate surface area is 217 Å². The van der Waals surface area contributed by atoms with Gasteiger partial charge in [0.15, 0.2) is 5.96 Å². The SMILES string of the molecule is O=C(O)C[C@H](NC(=O)CNC(=O)C1CNCC(NC2=NCC(O)CN2)C1)C1CC(Br)CC(Cl)C1O. The summed E-state index contributed by atoms with van der Waals surface area (Å²) >= 11 is 9.70. The smallest absolute Gasteiger partial charge is 0.305 e. The number of aliphatic carboxylic acids is 1. The molecule has 14 heteroatoms. The lowest BCUT2D eigenvalue weighted by Gasteiger charge is -2.39. The van der Waals surface area contributed by atoms with Crippen LogP contribution in [0.4, 0.5) is 0 Å². The normalized spacial score (nSPS) is 34.1. The second kappa shape index (κ2) is 13.0. The molecule has 8 atom stereocenters. The highest BCUT2D eigenvalue weighted by Gasteiger charge is 2.40. The van der Waals surface area contributed by atoms with Crippen molar-refractivity contribution in [1.29, 1.82) is 0 Å². The number of alkyl halides is 2. The van der Waals surface area contributed by atoms with Crippen molar-refractivity contribution in [3.8, 4) is 0 Å². The van der Waals surface area contributed by atoms with Gasteiger partial charge in [0.25, 0.3) is 0 Å². The number of carboxylic acid groups (broad SMARTS) is 1. The number of nitrogens with one attached hydrogen (secondary N) is 5. The number of nitrogens with zero attached hydrogens (tertiary/aromatic N) is 1. The van der Waals surface area contributed by atoms with Crippen LogP contribution in [-0.4, -0.2) is 106 Å². The average Bonchev–Trinajstić information content (AvgIpc) is 2.81. The van der Waals surface area contributed by atoms with Crippen LogP contribution >= 0.6 is 27.5 Å². The van der Waals surface area contributed by atoms with E-state index in [-0.39, 0.29) is 35.7 Å². The predicted octanol–water partition coefficient (Wildman–Crippen LogP) is -1.91. The molecule has 0 aromatic heterocycles. The molecule has 3 aliphatic rings. The van der Waals surface area contributed by atoms with Gasteiger partial charge in [-0.15, -0.1) is 11.6 Å². The molecule has 1 aliphatic carbocycles. The van der Waals surface area contributed by atoms with E-state index in [1.165, 1.54) is 0 Å². The fourth-order valence-corrected chi connectivity index (χ4v) is 6.18. The third kappa shape index (κ3) is 8.45. The van der Waals surface area contributed by atoms with Crippen molar-refractivity contribution in [1.82, 2.24) is 26.6 Å². The third-order valence-electron chi connectivity index (χ3n) is 6.53. The summed E-state index contributed by atoms with van der Waals surface area (Å²) in [6.07, 6.45) is -0.281. The minimum atomic E-state index is -1.10. The van der Waals surface area contributed by atoms with E-state index in [4.69, 9.17) is 11.6 Å². The number of rotatable bonds is 8. The zero-order chi connectivity index (χ0) is 25.5. The number of halogens is 2. The maximum atomic E-state index is 12.7. The summed E-state index contributed by atoms with van der Waals surface area (Å²) in [5.41, 5.74) is 0. The first-order chi connectivity index (χ1) is 16.6. The summed E-state index contributed by atoms with van der Waals surface area (Å²) < 4.78 is 0. The topological polar surface area (TPSA) is 184 Å². The summed E-state index contributed by atoms with van der Waals surface area (Å²) in [5, 5.41) is 43.5. The molecule has 35 heavy (non-hydrogen) atoms. The fourth-order valence-electron chi connectivity index (χ4n) is 4.73. The molecule has 0 aromatic rings. The molecule has 1 saturated heterocycles. The van der Waals surface area contributed by atoms with Crippen LogP contribution in [0.5, 0.6) is 0 Å². The van der Waals surface area contributed by atoms with Gasteiger partial charge in [-0.3, -0.25) is 19.4 Å². The predicted molar refractivity (Wildman–Crippen MR) is 132 cm³/mol. The number of aliphatic hydroxyl groups excluding tert-OH is 2. The van der Waals surface area contributed by atoms with Crippen LogP contribution in [-0.2, 0) is 14.4 Å². The summed E-state index contributed by atoms with van der Waals surface area (Å²) in [6, 6.07) is -0.871. The largest absolute Gasteiger partial charge is 0.481 e. The van der Waals surface area contributed by atoms with E-state index in [0.29, 0.717) is 51.4 Å². The molecule has 2 aliphatic heterocycles. The van der Waals surface area contributed by atoms with Crippen molar-refractivity contribution >= 4 is 51.3 Å². The second-order valence-electron chi connectivity index (χ2n) is 9.38. The molecular formula is C21H34BrClN6O6. The van der Waals surface area contributed by atoms with Gasteiger partial charge in [-0.25, -0.2) is 0 Å². The van der Waals surface area contributed by atoms with Crippen molar-refractivity contribution in [3.63, 3.8) is 0 Å². The number of amides is 2. The van der Waals surface area contributed by atoms with E-state index in [2.05, 4.69) is 47.5 Å². The van der Waals surface area contributed by atoms with Gasteiger partial charge in [-0.1, -0.05) is 15.9 Å². The first-order valence-corrected chi connectivity index (χ1v) is 13.2. The summed E-state index contributed by atoms with van der Waals surface area (Å²) in [5.74, 6) is -2.24. The van der Waals surface area contributed by atoms with Crippen molar-refractivity contribution in [2.24, 2.45) is 16.8 Å². The Balaban J connectivity index is 1.48. The highest BCUT2D eigenvalue weighted by molar-refractivity contribution is 9.09. The monoisotopic (exact) mass is 580 g/mol. The Morgan fingerprint density at radius 1 is 1.17 bits per heavy atom. The van der Waals surface area contributed by atoms with E-state index in [1.807, 2.05) is 0 Å². The van der Waals surface area contributed by atoms with Gasteiger partial charge in [0.2, 0.25) is 11.8 Å². The average molecular weight is 582 g/mol. The van der Waals surface area contributed by atoms with Gasteiger partial charge < -0.3 is 41.9 Å². The van der Waals surface area contributed by atoms with E-state index in [1.54, 1.807) is 0 Å². The van der Waals surface area contributed by atoms with Crippen LogP contribution in [0.2, 0.25) is 0 Å². The first kappa shape index (κ1) is 27.9. The number of guanidine groups is 1. The van der Waals surface area contributed by atoms with Gasteiger partial charge in [0.1, 0.15) is 0 Å². The lowest BCUT2D eigenvalue weighted by atomic mass is 9.80. The Morgan fingerprint density at radius 2 is 1.94 bits per heavy atom. The van der Waals surface area contributed by atoms with Crippen molar-refractivity contribution in [2.75, 3.05) is 32.7 Å². The third-order valence-corrected chi connectivity index (χ3v) is 7.71. The van der Waals surface area contributed by atoms with E-state index >= 15 is 0 Å². The van der Waals surface area contributed by atoms with Crippen LogP contribution in [0.1, 0.15) is 25.7 Å². The zero-order valence-corrected chi connectivity index (χ0v) is 21.6. The molecule has 7 unspecified atom stereocenters. The lowest BCUT2D eigenvalue weighted by Crippen LogP contribution is -2.57. The van der Waals surface area contributed by atoms with Gasteiger partial charge in [-0.2, -0.15) is 0 Å². The highest BCUT2D eigenvalue weighted by Crippen LogP contribution is 2.35. The maximum Gasteiger partial charge on any atom is 0.305 e. The standard InChI is InChI=1S/C21H34BrClN6O6/c22-11-2-14(19(34)15(23)3-11)16(4-18(32)33)29-17(31)9-25-20(35)10-1-12(6-24-5-10)28-21-26-7-13(30)8-27-21/h10-16,19,24,30,34H,1-9H2,(H,25,35)(H,29,31)(H,32,33)(H2,26,27,28)/t10?,11?,12?,14?,15?,16-,19?/m0/s1. The van der Waals surface area contributed by atoms with Gasteiger partial charge in [0.05, 0.1) is 43.0 Å². The van der Waals surface area contributed by atoms with Crippen molar-refractivity contribution < 1.29 is 29.7 Å². The fraction of sp³-hybridized carbons (Fsp3) is 0.810. The molecule has 12 nitrogen and oxygen atoms in total. The number of hydrogen-bond donors (Lipinski definition) is 8. The molecule has 1 saturated carbocycles. The zero-order valence-electron chi connectivity index (χ0n) is 19.3. The molecule has 2 fully saturated rings. The molecule has 198 valence electrons. The number of carboxylic acids is 1. The molecule has 3 rings (SSSR count). The molecule has 8 N–H and O–H groups in total. The Hall–Kier alpha value is -1.67. The minimum absolute atomic E-state index is 0.00602. The van der Waals surface area contributed by atoms with E-state index < -0.39 is 41.4 Å². The quantitative estimate of drug-likeness (QED) is 0.152. The second-order valence-corrected chi connectivity index (χ2v) is 11.2. The van der Waals surface area contributed by atoms with Gasteiger partial charge >= 0.3 is 5.97 Å². The number of aliphatic hydroxyl groups is 2. The Kier molecular flexibility index (Phi) is 10.4. The Bertz CT molecular complexity index is 806. The Morgan fingerprint density at radius 3 is 2.63 bits per heavy atom. The molecular weight excluding hydrogens is 548 g/mol. The molecule has 0 spiro atoms. The summed E-state index contributed by atoms with van der Waals surface area (Å²) in [7, 11) is 0. The first-order valence-electron chi connectivity index (χ1n) is 11.8. The molecule has 0 radical (unpaired) electrons. The molecule has 2 heterocycles. The van der Waals surface area contributed by atoms with Crippen molar-refractivity contribution in [3.05, 3.63) is 0 Å². The van der Waals surface area contributed by atoms with E-state index in [9.17, 15) is 29.7 Å². The number of hydrogen-bond acceptors (Lipinski definition) is 9. The molecule has 2 amide bonds. The molecule has 0 bridgehead atoms. The molecule has 0 aromatic carbocycles. The van der Waals surface area contributed by atoms with Crippen LogP contribution in [0.15, 0.2) is 4.99 Å². The van der Waals surface area contributed by atoms with Crippen LogP contribution in [0.3, 0.4) is 0 Å². The number of β-amino-alcohol motifs (C(OH)–C–C–N with tert-alkyl or cyclic N) is 1. The maximum absolute atomic E-state index is 12.7. The van der Waals surface area contributed by atoms with Crippen LogP contribution in [0.25, 0.3) is 0 Å².